The fourth-order valence-electron chi connectivity index (χ4n) is 2.01. The van der Waals surface area contributed by atoms with Crippen molar-refractivity contribution in [2.24, 2.45) is 11.6 Å². The van der Waals surface area contributed by atoms with Crippen molar-refractivity contribution in [1.82, 2.24) is 14.7 Å². The van der Waals surface area contributed by atoms with Crippen LogP contribution >= 0.6 is 11.6 Å². The molecule has 0 aliphatic rings. The zero-order chi connectivity index (χ0) is 17.4. The van der Waals surface area contributed by atoms with Crippen LogP contribution in [0.25, 0.3) is 10.9 Å². The van der Waals surface area contributed by atoms with Gasteiger partial charge in [0.1, 0.15) is 16.4 Å². The molecule has 1 aromatic heterocycles. The van der Waals surface area contributed by atoms with Crippen molar-refractivity contribution >= 4 is 32.5 Å². The molecule has 11 heteroatoms. The molecule has 0 radical (unpaired) electrons. The molecule has 0 amide bonds. The van der Waals surface area contributed by atoms with Gasteiger partial charge in [-0.2, -0.15) is 0 Å². The monoisotopic (exact) mass is 365 g/mol. The minimum Gasteiger partial charge on any atom is -0.383 e. The molecule has 126 valence electrons. The van der Waals surface area contributed by atoms with Gasteiger partial charge in [0.15, 0.2) is 0 Å². The number of aromatic amines is 1. The van der Waals surface area contributed by atoms with Crippen molar-refractivity contribution < 1.29 is 17.2 Å². The Kier molecular flexibility index (Phi) is 4.68. The highest BCUT2D eigenvalue weighted by Crippen LogP contribution is 2.25. The van der Waals surface area contributed by atoms with E-state index in [1.807, 2.05) is 4.72 Å². The van der Waals surface area contributed by atoms with Gasteiger partial charge in [-0.15, -0.1) is 0 Å². The highest BCUT2D eigenvalue weighted by atomic mass is 35.5. The highest BCUT2D eigenvalue weighted by Gasteiger charge is 2.24. The molecular weight excluding hydrogens is 352 g/mol. The number of benzene rings is 1. The fraction of sp³-hybridized carbons (Fsp3) is 0.167. The van der Waals surface area contributed by atoms with Crippen molar-refractivity contribution in [2.75, 3.05) is 7.05 Å². The third-order valence-electron chi connectivity index (χ3n) is 3.00. The summed E-state index contributed by atoms with van der Waals surface area (Å²) < 4.78 is 52.4. The number of nitrogens with zero attached hydrogens (tertiary/aromatic N) is 1. The molecule has 2 rings (SSSR count). The smallest absolute Gasteiger partial charge is 0.283 e. The Morgan fingerprint density at radius 1 is 1.43 bits per heavy atom. The zero-order valence-electron chi connectivity index (χ0n) is 11.8. The van der Waals surface area contributed by atoms with E-state index in [1.165, 1.54) is 24.4 Å². The van der Waals surface area contributed by atoms with Gasteiger partial charge in [-0.3, -0.25) is 4.72 Å². The van der Waals surface area contributed by atoms with Crippen molar-refractivity contribution in [3.63, 3.8) is 0 Å². The number of hydrazine groups is 1. The van der Waals surface area contributed by atoms with E-state index in [0.29, 0.717) is 20.9 Å². The Labute approximate surface area is 135 Å². The molecule has 6 N–H and O–H groups in total. The van der Waals surface area contributed by atoms with Crippen LogP contribution in [0.2, 0.25) is 5.02 Å². The second-order valence-electron chi connectivity index (χ2n) is 4.66. The average molecular weight is 366 g/mol. The summed E-state index contributed by atoms with van der Waals surface area (Å²) in [7, 11) is -3.07. The van der Waals surface area contributed by atoms with Gasteiger partial charge < -0.3 is 15.7 Å². The Bertz CT molecular complexity index is 853. The van der Waals surface area contributed by atoms with Crippen LogP contribution < -0.4 is 16.3 Å². The van der Waals surface area contributed by atoms with E-state index in [-0.39, 0.29) is 4.90 Å². The van der Waals surface area contributed by atoms with Crippen molar-refractivity contribution in [1.29, 1.82) is 0 Å². The highest BCUT2D eigenvalue weighted by molar-refractivity contribution is 7.89. The summed E-state index contributed by atoms with van der Waals surface area (Å²) in [5.74, 6) is 4.49. The van der Waals surface area contributed by atoms with Crippen LogP contribution in [-0.2, 0) is 10.0 Å². The molecule has 0 saturated carbocycles. The Balaban J connectivity index is 2.47. The van der Waals surface area contributed by atoms with Crippen LogP contribution in [0.3, 0.4) is 0 Å². The second-order valence-corrected chi connectivity index (χ2v) is 6.75. The van der Waals surface area contributed by atoms with Crippen molar-refractivity contribution in [2.45, 2.75) is 11.3 Å². The number of hydrogen-bond donors (Lipinski definition) is 4. The second kappa shape index (κ2) is 6.22. The van der Waals surface area contributed by atoms with Gasteiger partial charge in [0, 0.05) is 29.2 Å². The van der Waals surface area contributed by atoms with Gasteiger partial charge >= 0.3 is 0 Å². The van der Waals surface area contributed by atoms with Gasteiger partial charge in [-0.25, -0.2) is 23.0 Å². The number of fused-ring (bicyclic) bond motifs is 1. The molecule has 0 aliphatic carbocycles. The fourth-order valence-corrected chi connectivity index (χ4v) is 3.37. The number of aromatic nitrogens is 1. The summed E-state index contributed by atoms with van der Waals surface area (Å²) in [4.78, 5) is 2.59. The summed E-state index contributed by atoms with van der Waals surface area (Å²) in [6, 6.07) is 4.53. The number of nitrogens with two attached hydrogens (primary N) is 2. The normalized spacial score (nSPS) is 13.3. The van der Waals surface area contributed by atoms with Crippen LogP contribution in [0.5, 0.6) is 0 Å². The lowest BCUT2D eigenvalue weighted by molar-refractivity contribution is 0.146. The maximum atomic E-state index is 12.9. The van der Waals surface area contributed by atoms with Gasteiger partial charge in [0.2, 0.25) is 0 Å². The number of H-pyrrole nitrogens is 1. The third-order valence-corrected chi connectivity index (χ3v) is 4.64. The molecule has 2 aromatic rings. The van der Waals surface area contributed by atoms with Crippen LogP contribution in [0.1, 0.15) is 0 Å². The lowest BCUT2D eigenvalue weighted by Gasteiger charge is -2.19. The topological polar surface area (TPSA) is 117 Å². The Morgan fingerprint density at radius 3 is 2.65 bits per heavy atom. The number of rotatable bonds is 5. The first kappa shape index (κ1) is 17.3. The molecule has 0 unspecified atom stereocenters. The molecule has 0 atom stereocenters. The molecule has 1 aromatic carbocycles. The predicted octanol–water partition coefficient (Wildman–Crippen LogP) is 1.30. The predicted molar refractivity (Wildman–Crippen MR) is 82.8 cm³/mol. The summed E-state index contributed by atoms with van der Waals surface area (Å²) in [5.41, 5.74) is 5.08. The number of halogens is 3. The summed E-state index contributed by atoms with van der Waals surface area (Å²) >= 11 is 5.82. The largest absolute Gasteiger partial charge is 0.383 e. The SMILES string of the molecule is CN(N)/C(=C(\N)NS(=O)(=O)c1c[nH]c2cc(Cl)ccc12)C(F)F. The van der Waals surface area contributed by atoms with E-state index in [4.69, 9.17) is 23.2 Å². The zero-order valence-corrected chi connectivity index (χ0v) is 13.4. The molecule has 0 spiro atoms. The average Bonchev–Trinajstić information content (AvgIpc) is 2.80. The maximum Gasteiger partial charge on any atom is 0.283 e. The molecule has 0 bridgehead atoms. The number of nitrogens with one attached hydrogen (secondary N) is 2. The number of alkyl halides is 2. The third kappa shape index (κ3) is 3.49. The van der Waals surface area contributed by atoms with Gasteiger partial charge in [-0.05, 0) is 18.2 Å². The molecule has 0 fully saturated rings. The minimum absolute atomic E-state index is 0.152. The van der Waals surface area contributed by atoms with Crippen molar-refractivity contribution in [3.05, 3.63) is 40.9 Å². The molecule has 0 aliphatic heterocycles. The molecular formula is C12H14ClF2N5O2S. The van der Waals surface area contributed by atoms with Crippen LogP contribution in [-0.4, -0.2) is 31.9 Å². The van der Waals surface area contributed by atoms with E-state index in [9.17, 15) is 17.2 Å². The number of hydrogen-bond acceptors (Lipinski definition) is 5. The molecule has 1 heterocycles. The van der Waals surface area contributed by atoms with Gasteiger partial charge in [0.25, 0.3) is 16.4 Å². The first-order chi connectivity index (χ1) is 10.6. The van der Waals surface area contributed by atoms with E-state index in [2.05, 4.69) is 4.98 Å². The van der Waals surface area contributed by atoms with E-state index < -0.39 is 28.0 Å². The summed E-state index contributed by atoms with van der Waals surface area (Å²) in [6.07, 6.45) is -1.83. The Hall–Kier alpha value is -2.04. The molecule has 0 saturated heterocycles. The quantitative estimate of drug-likeness (QED) is 0.470. The summed E-state index contributed by atoms with van der Waals surface area (Å²) in [5, 5.41) is 1.31. The molecule has 23 heavy (non-hydrogen) atoms. The Morgan fingerprint density at radius 2 is 2.09 bits per heavy atom. The number of allylic oxidation sites excluding steroid dienone is 1. The van der Waals surface area contributed by atoms with Gasteiger partial charge in [0.05, 0.1) is 0 Å². The van der Waals surface area contributed by atoms with E-state index in [0.717, 1.165) is 7.05 Å². The lowest BCUT2D eigenvalue weighted by atomic mass is 10.2. The first-order valence-electron chi connectivity index (χ1n) is 6.19. The van der Waals surface area contributed by atoms with E-state index in [1.54, 1.807) is 0 Å². The minimum atomic E-state index is -4.19. The van der Waals surface area contributed by atoms with E-state index >= 15 is 0 Å². The summed E-state index contributed by atoms with van der Waals surface area (Å²) in [6.45, 7) is 0. The lowest BCUT2D eigenvalue weighted by Crippen LogP contribution is -2.37. The number of sulfonamides is 1. The van der Waals surface area contributed by atoms with Gasteiger partial charge in [-0.1, -0.05) is 11.6 Å². The van der Waals surface area contributed by atoms with Crippen LogP contribution in [0.15, 0.2) is 40.8 Å². The van der Waals surface area contributed by atoms with Crippen LogP contribution in [0.4, 0.5) is 8.78 Å². The first-order valence-corrected chi connectivity index (χ1v) is 8.05. The molecule has 7 nitrogen and oxygen atoms in total. The van der Waals surface area contributed by atoms with Crippen molar-refractivity contribution in [3.8, 4) is 0 Å². The standard InChI is InChI=1S/C12H14ClF2N5O2S/c1-20(17)10(11(14)15)12(16)19-23(21,22)9-5-18-8-4-6(13)2-3-7(8)9/h2-5,11,18-19H,16-17H2,1H3/b12-10+. The maximum absolute atomic E-state index is 12.9. The van der Waals surface area contributed by atoms with Crippen LogP contribution in [0, 0.1) is 0 Å².